The molecule has 0 bridgehead atoms. The molecule has 1 saturated heterocycles. The molecule has 1 heterocycles. The van der Waals surface area contributed by atoms with Crippen LogP contribution in [0, 0.1) is 17.8 Å². The Morgan fingerprint density at radius 3 is 2.69 bits per heavy atom. The van der Waals surface area contributed by atoms with Crippen LogP contribution >= 0.6 is 11.8 Å². The van der Waals surface area contributed by atoms with Gasteiger partial charge in [-0.15, -0.1) is 0 Å². The summed E-state index contributed by atoms with van der Waals surface area (Å²) in [5.74, 6) is 2.21. The van der Waals surface area contributed by atoms with Gasteiger partial charge in [0.25, 0.3) is 0 Å². The molecule has 0 aromatic heterocycles. The van der Waals surface area contributed by atoms with Gasteiger partial charge in [-0.3, -0.25) is 4.90 Å². The van der Waals surface area contributed by atoms with Crippen molar-refractivity contribution in [3.8, 4) is 0 Å². The number of hydrogen-bond donors (Lipinski definition) is 0. The van der Waals surface area contributed by atoms with Gasteiger partial charge in [-0.05, 0) is 76.0 Å². The van der Waals surface area contributed by atoms with E-state index in [4.69, 9.17) is 9.47 Å². The van der Waals surface area contributed by atoms with Gasteiger partial charge in [0.1, 0.15) is 0 Å². The van der Waals surface area contributed by atoms with E-state index in [-0.39, 0.29) is 29.6 Å². The quantitative estimate of drug-likeness (QED) is 0.453. The van der Waals surface area contributed by atoms with E-state index in [1.54, 1.807) is 0 Å². The van der Waals surface area contributed by atoms with Crippen LogP contribution in [0.15, 0.2) is 0 Å². The Hall–Kier alpha value is 0.700. The number of aliphatic carboxylic acids is 1. The molecule has 4 rings (SSSR count). The van der Waals surface area contributed by atoms with Gasteiger partial charge in [-0.2, -0.15) is 11.8 Å². The summed E-state index contributed by atoms with van der Waals surface area (Å²) in [7, 11) is 0. The van der Waals surface area contributed by atoms with Crippen LogP contribution in [0.4, 0.5) is 0 Å². The monoisotopic (exact) mass is 475 g/mol. The minimum atomic E-state index is -1.05. The molecule has 0 amide bonds. The third kappa shape index (κ3) is 7.35. The van der Waals surface area contributed by atoms with Gasteiger partial charge in [0.05, 0.1) is 24.8 Å². The van der Waals surface area contributed by atoms with Crippen molar-refractivity contribution in [3.05, 3.63) is 0 Å². The summed E-state index contributed by atoms with van der Waals surface area (Å²) in [6.45, 7) is 5.52. The predicted molar refractivity (Wildman–Crippen MR) is 123 cm³/mol. The maximum atomic E-state index is 11.3. The minimum Gasteiger partial charge on any atom is -0.547 e. The number of carboxylic acid groups (broad SMARTS) is 1. The number of carboxylic acids is 1. The summed E-state index contributed by atoms with van der Waals surface area (Å²) in [5, 5.41) is 12.2. The van der Waals surface area contributed by atoms with Crippen LogP contribution in [0.1, 0.15) is 77.6 Å². The van der Waals surface area contributed by atoms with E-state index in [2.05, 4.69) is 16.7 Å². The molecule has 5 nitrogen and oxygen atoms in total. The van der Waals surface area contributed by atoms with Gasteiger partial charge in [0, 0.05) is 36.7 Å². The molecule has 3 aliphatic carbocycles. The molecule has 0 aromatic rings. The second-order valence-corrected chi connectivity index (χ2v) is 11.6. The van der Waals surface area contributed by atoms with E-state index in [0.717, 1.165) is 49.1 Å². The second-order valence-electron chi connectivity index (χ2n) is 10.3. The first kappa shape index (κ1) is 27.3. The predicted octanol–water partition coefficient (Wildman–Crippen LogP) is 0.497. The smallest absolute Gasteiger partial charge is 0.547 e. The molecule has 4 aliphatic rings. The van der Waals surface area contributed by atoms with Crippen molar-refractivity contribution >= 4 is 17.7 Å². The number of hydrogen-bond acceptors (Lipinski definition) is 6. The maximum Gasteiger partial charge on any atom is 1.00 e. The largest absolute Gasteiger partial charge is 1.00 e. The molecule has 7 atom stereocenters. The van der Waals surface area contributed by atoms with Gasteiger partial charge in [-0.1, -0.05) is 19.3 Å². The topological polar surface area (TPSA) is 61.8 Å². The first-order valence-corrected chi connectivity index (χ1v) is 14.0. The van der Waals surface area contributed by atoms with E-state index < -0.39 is 12.1 Å². The standard InChI is InChI=1S/C25H43NO4S.Na/c1-2-29-23(25(27)28)16-18-7-8-20-17-21(10-9-19(20)15-18)30-13-11-26-12-14-31-24-6-4-3-5-22(24)26;/h18-24H,2-17H2,1H3,(H,27,28);/q;+1/p-1. The molecule has 3 saturated carbocycles. The van der Waals surface area contributed by atoms with Crippen LogP contribution in [0.25, 0.3) is 0 Å². The minimum absolute atomic E-state index is 0. The number of rotatable bonds is 9. The zero-order valence-corrected chi connectivity index (χ0v) is 23.2. The molecule has 7 heteroatoms. The van der Waals surface area contributed by atoms with Gasteiger partial charge in [0.2, 0.25) is 0 Å². The third-order valence-electron chi connectivity index (χ3n) is 8.43. The van der Waals surface area contributed by atoms with Crippen molar-refractivity contribution in [1.82, 2.24) is 4.90 Å². The number of thioether (sulfide) groups is 1. The fraction of sp³-hybridized carbons (Fsp3) is 0.960. The molecular weight excluding hydrogens is 433 g/mol. The molecule has 0 aromatic carbocycles. The normalized spacial score (nSPS) is 36.4. The SMILES string of the molecule is CCOC(CC1CCC2CC(OCCN3CCSC4CCCCC43)CCC2C1)C(=O)[O-].[Na+]. The maximum absolute atomic E-state index is 11.3. The van der Waals surface area contributed by atoms with Gasteiger partial charge >= 0.3 is 29.6 Å². The summed E-state index contributed by atoms with van der Waals surface area (Å²) in [6, 6.07) is 0.795. The fourth-order valence-corrected chi connectivity index (χ4v) is 8.34. The zero-order chi connectivity index (χ0) is 21.6. The molecule has 178 valence electrons. The first-order valence-electron chi connectivity index (χ1n) is 12.9. The van der Waals surface area contributed by atoms with E-state index in [1.807, 2.05) is 6.92 Å². The summed E-state index contributed by atoms with van der Waals surface area (Å²) >= 11 is 2.21. The van der Waals surface area contributed by atoms with Gasteiger partial charge in [0.15, 0.2) is 0 Å². The average Bonchev–Trinajstić information content (AvgIpc) is 2.79. The summed E-state index contributed by atoms with van der Waals surface area (Å²) in [5.41, 5.74) is 0. The third-order valence-corrected chi connectivity index (χ3v) is 9.83. The summed E-state index contributed by atoms with van der Waals surface area (Å²) in [6.07, 6.45) is 13.0. The Morgan fingerprint density at radius 2 is 1.88 bits per heavy atom. The van der Waals surface area contributed by atoms with Crippen molar-refractivity contribution < 1.29 is 48.9 Å². The van der Waals surface area contributed by atoms with Crippen LogP contribution in [-0.4, -0.2) is 66.4 Å². The summed E-state index contributed by atoms with van der Waals surface area (Å²) in [4.78, 5) is 14.0. The fourth-order valence-electron chi connectivity index (χ4n) is 6.84. The van der Waals surface area contributed by atoms with Crippen LogP contribution in [-0.2, 0) is 14.3 Å². The Labute approximate surface area is 221 Å². The van der Waals surface area contributed by atoms with Crippen LogP contribution in [0.2, 0.25) is 0 Å². The van der Waals surface area contributed by atoms with E-state index in [9.17, 15) is 9.90 Å². The van der Waals surface area contributed by atoms with Gasteiger partial charge < -0.3 is 19.4 Å². The van der Waals surface area contributed by atoms with Crippen LogP contribution in [0.5, 0.6) is 0 Å². The van der Waals surface area contributed by atoms with Crippen molar-refractivity contribution in [2.75, 3.05) is 32.1 Å². The Balaban J connectivity index is 0.00000289. The Bertz CT molecular complexity index is 580. The molecule has 32 heavy (non-hydrogen) atoms. The molecule has 0 spiro atoms. The van der Waals surface area contributed by atoms with E-state index in [1.165, 1.54) is 63.7 Å². The number of ether oxygens (including phenoxy) is 2. The molecule has 0 N–H and O–H groups in total. The number of carbonyl (C=O) groups is 1. The molecular formula is C25H42NNaO4S. The zero-order valence-electron chi connectivity index (χ0n) is 20.3. The number of carbonyl (C=O) groups excluding carboxylic acids is 1. The Kier molecular flexibility index (Phi) is 11.7. The van der Waals surface area contributed by atoms with E-state index in [0.29, 0.717) is 25.0 Å². The first-order chi connectivity index (χ1) is 15.1. The van der Waals surface area contributed by atoms with Crippen molar-refractivity contribution in [1.29, 1.82) is 0 Å². The number of fused-ring (bicyclic) bond motifs is 2. The molecule has 4 fully saturated rings. The van der Waals surface area contributed by atoms with Gasteiger partial charge in [-0.25, -0.2) is 0 Å². The Morgan fingerprint density at radius 1 is 1.09 bits per heavy atom. The number of nitrogens with zero attached hydrogens (tertiary/aromatic N) is 1. The molecule has 1 aliphatic heterocycles. The van der Waals surface area contributed by atoms with Crippen molar-refractivity contribution in [3.63, 3.8) is 0 Å². The summed E-state index contributed by atoms with van der Waals surface area (Å²) < 4.78 is 11.8. The second kappa shape index (κ2) is 13.7. The van der Waals surface area contributed by atoms with E-state index >= 15 is 0 Å². The average molecular weight is 476 g/mol. The van der Waals surface area contributed by atoms with Crippen LogP contribution < -0.4 is 34.7 Å². The van der Waals surface area contributed by atoms with Crippen LogP contribution in [0.3, 0.4) is 0 Å². The van der Waals surface area contributed by atoms with Crippen molar-refractivity contribution in [2.24, 2.45) is 17.8 Å². The van der Waals surface area contributed by atoms with Crippen molar-refractivity contribution in [2.45, 2.75) is 101 Å². The molecule has 7 unspecified atom stereocenters. The molecule has 0 radical (unpaired) electrons.